The number of hydrogen-bond donors (Lipinski definition) is 0. The summed E-state index contributed by atoms with van der Waals surface area (Å²) in [5, 5.41) is 0. The molecule has 0 saturated heterocycles. The van der Waals surface area contributed by atoms with Gasteiger partial charge in [-0.2, -0.15) is 0 Å². The monoisotopic (exact) mass is 228 g/mol. The van der Waals surface area contributed by atoms with Gasteiger partial charge in [0.1, 0.15) is 0 Å². The molecule has 1 nitrogen and oxygen atoms in total. The fourth-order valence-electron chi connectivity index (χ4n) is 2.70. The highest BCUT2D eigenvalue weighted by molar-refractivity contribution is 6.73. The maximum Gasteiger partial charge on any atom is 0.192 e. The van der Waals surface area contributed by atoms with E-state index in [0.717, 1.165) is 5.92 Å². The van der Waals surface area contributed by atoms with Crippen molar-refractivity contribution in [1.82, 2.24) is 0 Å². The van der Waals surface area contributed by atoms with Crippen LogP contribution in [0, 0.1) is 5.92 Å². The first-order valence-corrected chi connectivity index (χ1v) is 9.36. The largest absolute Gasteiger partial charge is 0.414 e. The van der Waals surface area contributed by atoms with Crippen LogP contribution in [0.3, 0.4) is 0 Å². The number of rotatable bonds is 5. The smallest absolute Gasteiger partial charge is 0.192 e. The van der Waals surface area contributed by atoms with Crippen LogP contribution in [0.15, 0.2) is 0 Å². The zero-order valence-electron chi connectivity index (χ0n) is 11.0. The van der Waals surface area contributed by atoms with E-state index in [2.05, 4.69) is 27.7 Å². The van der Waals surface area contributed by atoms with Crippen LogP contribution in [0.4, 0.5) is 0 Å². The molecule has 0 aromatic carbocycles. The van der Waals surface area contributed by atoms with E-state index in [1.54, 1.807) is 0 Å². The Balaban J connectivity index is 2.44. The van der Waals surface area contributed by atoms with Crippen molar-refractivity contribution in [3.05, 3.63) is 0 Å². The zero-order valence-corrected chi connectivity index (χ0v) is 12.0. The van der Waals surface area contributed by atoms with Gasteiger partial charge in [0.25, 0.3) is 0 Å². The van der Waals surface area contributed by atoms with Crippen LogP contribution in [0.25, 0.3) is 0 Å². The fraction of sp³-hybridized carbons (Fsp3) is 1.00. The van der Waals surface area contributed by atoms with Crippen LogP contribution in [0.5, 0.6) is 0 Å². The lowest BCUT2D eigenvalue weighted by Gasteiger charge is -2.36. The van der Waals surface area contributed by atoms with Crippen molar-refractivity contribution in [3.8, 4) is 0 Å². The van der Waals surface area contributed by atoms with E-state index >= 15 is 0 Å². The molecule has 1 saturated carbocycles. The summed E-state index contributed by atoms with van der Waals surface area (Å²) in [5.41, 5.74) is 0. The van der Waals surface area contributed by atoms with Gasteiger partial charge in [0.05, 0.1) is 0 Å². The maximum atomic E-state index is 6.51. The first-order valence-electron chi connectivity index (χ1n) is 6.83. The molecule has 1 rings (SSSR count). The molecule has 1 fully saturated rings. The third-order valence-corrected chi connectivity index (χ3v) is 9.01. The number of hydrogen-bond acceptors (Lipinski definition) is 1. The minimum atomic E-state index is -1.33. The van der Waals surface area contributed by atoms with Gasteiger partial charge in [0.2, 0.25) is 0 Å². The summed E-state index contributed by atoms with van der Waals surface area (Å²) in [4.78, 5) is 0. The molecule has 0 unspecified atom stereocenters. The molecule has 1 aliphatic rings. The zero-order chi connectivity index (χ0) is 11.3. The van der Waals surface area contributed by atoms with Crippen molar-refractivity contribution in [2.45, 2.75) is 77.6 Å². The third-order valence-electron chi connectivity index (χ3n) is 4.31. The molecule has 0 aromatic heterocycles. The molecule has 0 amide bonds. The summed E-state index contributed by atoms with van der Waals surface area (Å²) in [6.45, 7) is 9.35. The molecule has 15 heavy (non-hydrogen) atoms. The second kappa shape index (κ2) is 6.05. The van der Waals surface area contributed by atoms with E-state index < -0.39 is 8.32 Å². The molecule has 0 radical (unpaired) electrons. The normalized spacial score (nSPS) is 28.0. The molecular weight excluding hydrogens is 200 g/mol. The molecular formula is C13H28OSi. The predicted octanol–water partition coefficient (Wildman–Crippen LogP) is 4.59. The highest BCUT2D eigenvalue weighted by atomic mass is 28.4. The summed E-state index contributed by atoms with van der Waals surface area (Å²) >= 11 is 0. The summed E-state index contributed by atoms with van der Waals surface area (Å²) in [6, 6.07) is 3.89. The van der Waals surface area contributed by atoms with Gasteiger partial charge in [0.15, 0.2) is 8.32 Å². The Morgan fingerprint density at radius 1 is 0.933 bits per heavy atom. The summed E-state index contributed by atoms with van der Waals surface area (Å²) < 4.78 is 6.51. The van der Waals surface area contributed by atoms with E-state index in [0.29, 0.717) is 6.10 Å². The van der Waals surface area contributed by atoms with Crippen LogP contribution in [0.1, 0.15) is 53.4 Å². The van der Waals surface area contributed by atoms with Crippen molar-refractivity contribution < 1.29 is 4.43 Å². The first-order chi connectivity index (χ1) is 7.15. The van der Waals surface area contributed by atoms with Gasteiger partial charge < -0.3 is 4.43 Å². The maximum absolute atomic E-state index is 6.51. The second-order valence-electron chi connectivity index (χ2n) is 5.24. The average molecular weight is 228 g/mol. The molecule has 90 valence electrons. The summed E-state index contributed by atoms with van der Waals surface area (Å²) in [7, 11) is -1.33. The molecule has 0 bridgehead atoms. The van der Waals surface area contributed by atoms with Gasteiger partial charge in [-0.05, 0) is 49.7 Å². The van der Waals surface area contributed by atoms with E-state index in [-0.39, 0.29) is 0 Å². The lowest BCUT2D eigenvalue weighted by molar-refractivity contribution is 0.124. The van der Waals surface area contributed by atoms with Crippen molar-refractivity contribution in [1.29, 1.82) is 0 Å². The van der Waals surface area contributed by atoms with Crippen molar-refractivity contribution >= 4 is 8.32 Å². The molecule has 0 aromatic rings. The quantitative estimate of drug-likeness (QED) is 0.626. The minimum Gasteiger partial charge on any atom is -0.414 e. The van der Waals surface area contributed by atoms with E-state index in [1.165, 1.54) is 43.8 Å². The van der Waals surface area contributed by atoms with E-state index in [4.69, 9.17) is 4.43 Å². The standard InChI is InChI=1S/C13H28OSi/c1-5-15(6-2,7-3)14-13-10-8-12(4)9-11-13/h12-13H,5-11H2,1-4H3. The highest BCUT2D eigenvalue weighted by Crippen LogP contribution is 2.31. The van der Waals surface area contributed by atoms with E-state index in [9.17, 15) is 0 Å². The van der Waals surface area contributed by atoms with E-state index in [1.807, 2.05) is 0 Å². The molecule has 0 aliphatic heterocycles. The van der Waals surface area contributed by atoms with Crippen LogP contribution in [-0.4, -0.2) is 14.4 Å². The van der Waals surface area contributed by atoms with Crippen molar-refractivity contribution in [2.75, 3.05) is 0 Å². The first kappa shape index (κ1) is 13.2. The van der Waals surface area contributed by atoms with Gasteiger partial charge in [-0.3, -0.25) is 0 Å². The Morgan fingerprint density at radius 3 is 1.80 bits per heavy atom. The summed E-state index contributed by atoms with van der Waals surface area (Å²) in [6.07, 6.45) is 6.00. The highest BCUT2D eigenvalue weighted by Gasteiger charge is 2.32. The molecule has 0 N–H and O–H groups in total. The Hall–Kier alpha value is 0.177. The second-order valence-corrected chi connectivity index (χ2v) is 9.97. The Kier molecular flexibility index (Phi) is 5.34. The van der Waals surface area contributed by atoms with Gasteiger partial charge in [-0.25, -0.2) is 0 Å². The Labute approximate surface area is 96.7 Å². The molecule has 0 spiro atoms. The van der Waals surface area contributed by atoms with Crippen LogP contribution < -0.4 is 0 Å². The fourth-order valence-corrected chi connectivity index (χ4v) is 5.64. The Morgan fingerprint density at radius 2 is 1.40 bits per heavy atom. The SMILES string of the molecule is CC[Si](CC)(CC)OC1CCC(C)CC1. The van der Waals surface area contributed by atoms with Crippen LogP contribution in [-0.2, 0) is 4.43 Å². The lowest BCUT2D eigenvalue weighted by Crippen LogP contribution is -2.41. The van der Waals surface area contributed by atoms with Crippen molar-refractivity contribution in [2.24, 2.45) is 5.92 Å². The minimum absolute atomic E-state index is 0.604. The topological polar surface area (TPSA) is 9.23 Å². The predicted molar refractivity (Wildman–Crippen MR) is 69.7 cm³/mol. The van der Waals surface area contributed by atoms with Crippen LogP contribution in [0.2, 0.25) is 18.1 Å². The molecule has 0 heterocycles. The molecule has 0 atom stereocenters. The third kappa shape index (κ3) is 3.60. The average Bonchev–Trinajstić information content (AvgIpc) is 2.29. The van der Waals surface area contributed by atoms with Crippen molar-refractivity contribution in [3.63, 3.8) is 0 Å². The van der Waals surface area contributed by atoms with Crippen LogP contribution >= 0.6 is 0 Å². The van der Waals surface area contributed by atoms with Gasteiger partial charge in [0, 0.05) is 6.10 Å². The van der Waals surface area contributed by atoms with Gasteiger partial charge >= 0.3 is 0 Å². The van der Waals surface area contributed by atoms with Gasteiger partial charge in [-0.1, -0.05) is 27.7 Å². The molecule has 1 aliphatic carbocycles. The lowest BCUT2D eigenvalue weighted by atomic mass is 9.89. The van der Waals surface area contributed by atoms with Gasteiger partial charge in [-0.15, -0.1) is 0 Å². The molecule has 2 heteroatoms. The summed E-state index contributed by atoms with van der Waals surface area (Å²) in [5.74, 6) is 0.936. The Bertz CT molecular complexity index is 161.